The lowest BCUT2D eigenvalue weighted by molar-refractivity contribution is -0.140. The van der Waals surface area contributed by atoms with Gasteiger partial charge < -0.3 is 5.32 Å². The van der Waals surface area contributed by atoms with Gasteiger partial charge in [0.25, 0.3) is 0 Å². The monoisotopic (exact) mass is 236 g/mol. The van der Waals surface area contributed by atoms with Crippen molar-refractivity contribution in [2.24, 2.45) is 11.8 Å². The van der Waals surface area contributed by atoms with Crippen LogP contribution in [0.5, 0.6) is 0 Å². The molecule has 3 rings (SSSR count). The lowest BCUT2D eigenvalue weighted by Gasteiger charge is -2.27. The average molecular weight is 236 g/mol. The smallest absolute Gasteiger partial charge is 0.233 e. The van der Waals surface area contributed by atoms with Crippen LogP contribution in [0, 0.1) is 11.8 Å². The highest BCUT2D eigenvalue weighted by molar-refractivity contribution is 6.05. The molecule has 0 bridgehead atoms. The molecule has 2 heterocycles. The molecule has 3 unspecified atom stereocenters. The zero-order valence-electron chi connectivity index (χ0n) is 10.2. The number of nitrogens with one attached hydrogen (secondary N) is 1. The van der Waals surface area contributed by atoms with Crippen LogP contribution in [0.2, 0.25) is 0 Å². The molecule has 0 aromatic heterocycles. The topological polar surface area (TPSA) is 49.4 Å². The van der Waals surface area contributed by atoms with Gasteiger partial charge in [-0.25, -0.2) is 0 Å². The van der Waals surface area contributed by atoms with Crippen molar-refractivity contribution in [3.8, 4) is 0 Å². The van der Waals surface area contributed by atoms with Crippen LogP contribution in [0.25, 0.3) is 0 Å². The average Bonchev–Trinajstić information content (AvgIpc) is 2.91. The number of hydrogen-bond acceptors (Lipinski definition) is 3. The summed E-state index contributed by atoms with van der Waals surface area (Å²) >= 11 is 0. The molecule has 2 saturated heterocycles. The van der Waals surface area contributed by atoms with Gasteiger partial charge in [0.2, 0.25) is 11.8 Å². The standard InChI is InChI=1S/C13H20N2O2/c16-12-10-5-3-6-11(10)13(17)15(12)8-9-4-1-2-7-14-9/h9-11,14H,1-8H2. The molecule has 3 fully saturated rings. The Morgan fingerprint density at radius 2 is 1.71 bits per heavy atom. The van der Waals surface area contributed by atoms with Gasteiger partial charge in [-0.3, -0.25) is 14.5 Å². The van der Waals surface area contributed by atoms with Crippen LogP contribution in [0.4, 0.5) is 0 Å². The number of imide groups is 1. The van der Waals surface area contributed by atoms with Gasteiger partial charge in [-0.05, 0) is 32.2 Å². The highest BCUT2D eigenvalue weighted by atomic mass is 16.2. The molecule has 0 aromatic carbocycles. The molecule has 4 heteroatoms. The van der Waals surface area contributed by atoms with Crippen LogP contribution in [-0.2, 0) is 9.59 Å². The molecule has 94 valence electrons. The van der Waals surface area contributed by atoms with E-state index in [0.29, 0.717) is 12.6 Å². The van der Waals surface area contributed by atoms with Crippen molar-refractivity contribution in [1.82, 2.24) is 10.2 Å². The second-order valence-electron chi connectivity index (χ2n) is 5.58. The third-order valence-corrected chi connectivity index (χ3v) is 4.50. The summed E-state index contributed by atoms with van der Waals surface area (Å²) in [6.45, 7) is 1.62. The number of likely N-dealkylation sites (tertiary alicyclic amines) is 1. The summed E-state index contributed by atoms with van der Waals surface area (Å²) in [4.78, 5) is 25.8. The zero-order chi connectivity index (χ0) is 11.8. The summed E-state index contributed by atoms with van der Waals surface area (Å²) in [6, 6.07) is 0.329. The largest absolute Gasteiger partial charge is 0.312 e. The van der Waals surface area contributed by atoms with Crippen molar-refractivity contribution in [2.45, 2.75) is 44.6 Å². The van der Waals surface area contributed by atoms with Crippen molar-refractivity contribution in [2.75, 3.05) is 13.1 Å². The summed E-state index contributed by atoms with van der Waals surface area (Å²) in [5.41, 5.74) is 0. The molecule has 0 aromatic rings. The second kappa shape index (κ2) is 4.41. The van der Waals surface area contributed by atoms with E-state index in [4.69, 9.17) is 0 Å². The normalized spacial score (nSPS) is 37.6. The van der Waals surface area contributed by atoms with Crippen LogP contribution < -0.4 is 5.32 Å². The molecule has 1 N–H and O–H groups in total. The lowest BCUT2D eigenvalue weighted by atomic mass is 10.00. The number of nitrogens with zero attached hydrogens (tertiary/aromatic N) is 1. The molecule has 1 aliphatic carbocycles. The van der Waals surface area contributed by atoms with Gasteiger partial charge in [0.15, 0.2) is 0 Å². The molecule has 1 saturated carbocycles. The number of rotatable bonds is 2. The maximum atomic E-state index is 12.1. The van der Waals surface area contributed by atoms with Crippen molar-refractivity contribution in [3.05, 3.63) is 0 Å². The maximum absolute atomic E-state index is 12.1. The number of amides is 2. The van der Waals surface area contributed by atoms with Gasteiger partial charge in [0.05, 0.1) is 11.8 Å². The second-order valence-corrected chi connectivity index (χ2v) is 5.58. The number of piperidine rings is 1. The fraction of sp³-hybridized carbons (Fsp3) is 0.846. The summed E-state index contributed by atoms with van der Waals surface area (Å²) in [7, 11) is 0. The van der Waals surface area contributed by atoms with Crippen molar-refractivity contribution in [3.63, 3.8) is 0 Å². The van der Waals surface area contributed by atoms with Gasteiger partial charge >= 0.3 is 0 Å². The third-order valence-electron chi connectivity index (χ3n) is 4.50. The Kier molecular flexibility index (Phi) is 2.90. The van der Waals surface area contributed by atoms with E-state index in [0.717, 1.165) is 32.2 Å². The van der Waals surface area contributed by atoms with E-state index < -0.39 is 0 Å². The molecule has 0 radical (unpaired) electrons. The predicted molar refractivity (Wildman–Crippen MR) is 63.2 cm³/mol. The number of hydrogen-bond donors (Lipinski definition) is 1. The van der Waals surface area contributed by atoms with Crippen LogP contribution >= 0.6 is 0 Å². The van der Waals surface area contributed by atoms with Crippen molar-refractivity contribution < 1.29 is 9.59 Å². The Bertz CT molecular complexity index is 314. The van der Waals surface area contributed by atoms with Crippen LogP contribution in [-0.4, -0.2) is 35.8 Å². The predicted octanol–water partition coefficient (Wildman–Crippen LogP) is 0.914. The highest BCUT2D eigenvalue weighted by Gasteiger charge is 2.49. The van der Waals surface area contributed by atoms with E-state index in [1.165, 1.54) is 17.7 Å². The molecule has 3 aliphatic rings. The first-order chi connectivity index (χ1) is 8.27. The summed E-state index contributed by atoms with van der Waals surface area (Å²) in [5, 5.41) is 3.41. The van der Waals surface area contributed by atoms with Gasteiger partial charge in [0, 0.05) is 12.6 Å². The van der Waals surface area contributed by atoms with E-state index in [1.54, 1.807) is 0 Å². The molecule has 2 amide bonds. The number of fused-ring (bicyclic) bond motifs is 1. The van der Waals surface area contributed by atoms with Gasteiger partial charge in [-0.15, -0.1) is 0 Å². The quantitative estimate of drug-likeness (QED) is 0.725. The third kappa shape index (κ3) is 1.88. The highest BCUT2D eigenvalue weighted by Crippen LogP contribution is 2.39. The van der Waals surface area contributed by atoms with Crippen molar-refractivity contribution >= 4 is 11.8 Å². The van der Waals surface area contributed by atoms with Gasteiger partial charge in [0.1, 0.15) is 0 Å². The lowest BCUT2D eigenvalue weighted by Crippen LogP contribution is -2.46. The first kappa shape index (κ1) is 11.2. The summed E-state index contributed by atoms with van der Waals surface area (Å²) in [6.07, 6.45) is 6.40. The molecule has 4 nitrogen and oxygen atoms in total. The van der Waals surface area contributed by atoms with Crippen LogP contribution in [0.1, 0.15) is 38.5 Å². The fourth-order valence-electron chi connectivity index (χ4n) is 3.54. The first-order valence-corrected chi connectivity index (χ1v) is 6.86. The number of carbonyl (C=O) groups excluding carboxylic acids is 2. The number of carbonyl (C=O) groups is 2. The molecule has 2 aliphatic heterocycles. The van der Waals surface area contributed by atoms with E-state index in [9.17, 15) is 9.59 Å². The Balaban J connectivity index is 1.67. The Labute approximate surface area is 102 Å². The molecule has 3 atom stereocenters. The molecular formula is C13H20N2O2. The van der Waals surface area contributed by atoms with Gasteiger partial charge in [-0.2, -0.15) is 0 Å². The SMILES string of the molecule is O=C1C2CCCC2C(=O)N1CC1CCCCN1. The van der Waals surface area contributed by atoms with Crippen molar-refractivity contribution in [1.29, 1.82) is 0 Å². The fourth-order valence-corrected chi connectivity index (χ4v) is 3.54. The van der Waals surface area contributed by atoms with Gasteiger partial charge in [-0.1, -0.05) is 12.8 Å². The Morgan fingerprint density at radius 3 is 2.29 bits per heavy atom. The first-order valence-electron chi connectivity index (χ1n) is 6.86. The summed E-state index contributed by atoms with van der Waals surface area (Å²) in [5.74, 6) is 0.243. The minimum absolute atomic E-state index is 0.0195. The van der Waals surface area contributed by atoms with E-state index in [2.05, 4.69) is 5.32 Å². The molecule has 17 heavy (non-hydrogen) atoms. The Morgan fingerprint density at radius 1 is 1.00 bits per heavy atom. The molecule has 0 spiro atoms. The maximum Gasteiger partial charge on any atom is 0.233 e. The van der Waals surface area contributed by atoms with E-state index >= 15 is 0 Å². The Hall–Kier alpha value is -0.900. The van der Waals surface area contributed by atoms with E-state index in [1.807, 2.05) is 0 Å². The molecular weight excluding hydrogens is 216 g/mol. The minimum Gasteiger partial charge on any atom is -0.312 e. The van der Waals surface area contributed by atoms with Crippen LogP contribution in [0.3, 0.4) is 0 Å². The summed E-state index contributed by atoms with van der Waals surface area (Å²) < 4.78 is 0. The van der Waals surface area contributed by atoms with Crippen LogP contribution in [0.15, 0.2) is 0 Å². The zero-order valence-corrected chi connectivity index (χ0v) is 10.2. The minimum atomic E-state index is 0.0195. The van der Waals surface area contributed by atoms with E-state index in [-0.39, 0.29) is 23.7 Å².